The molecule has 0 aromatic rings. The first-order valence-electron chi connectivity index (χ1n) is 4.04. The van der Waals surface area contributed by atoms with Gasteiger partial charge in [0.05, 0.1) is 0 Å². The maximum absolute atomic E-state index is 3.98. The molecule has 66 valence electrons. The quantitative estimate of drug-likeness (QED) is 0.463. The van der Waals surface area contributed by atoms with E-state index in [9.17, 15) is 0 Å². The molecule has 1 heterocycles. The van der Waals surface area contributed by atoms with E-state index in [0.717, 1.165) is 0 Å². The van der Waals surface area contributed by atoms with Crippen molar-refractivity contribution in [3.63, 3.8) is 0 Å². The van der Waals surface area contributed by atoms with Crippen LogP contribution in [-0.2, 0) is 0 Å². The fourth-order valence-corrected chi connectivity index (χ4v) is 33.2. The summed E-state index contributed by atoms with van der Waals surface area (Å²) in [5.74, 6) is 0. The van der Waals surface area contributed by atoms with Gasteiger partial charge in [0, 0.05) is 0 Å². The van der Waals surface area contributed by atoms with E-state index >= 15 is 0 Å². The molecule has 0 saturated carbocycles. The normalized spacial score (nSPS) is 37.1. The van der Waals surface area contributed by atoms with E-state index in [1.54, 1.807) is 0 Å². The predicted octanol–water partition coefficient (Wildman–Crippen LogP) is 4.52. The van der Waals surface area contributed by atoms with Gasteiger partial charge >= 0.3 is 0 Å². The zero-order valence-electron chi connectivity index (χ0n) is 6.67. The van der Waals surface area contributed by atoms with Crippen molar-refractivity contribution in [3.8, 4) is 0 Å². The maximum Gasteiger partial charge on any atom is 0.199 e. The van der Waals surface area contributed by atoms with Crippen LogP contribution < -0.4 is 0 Å². The monoisotopic (exact) mass is 378 g/mol. The van der Waals surface area contributed by atoms with Crippen LogP contribution in [0.15, 0.2) is 0 Å². The van der Waals surface area contributed by atoms with Crippen molar-refractivity contribution in [3.05, 3.63) is 0 Å². The molecule has 0 aromatic heterocycles. The fourth-order valence-electron chi connectivity index (χ4n) is 1.61. The lowest BCUT2D eigenvalue weighted by molar-refractivity contribution is 1.01. The molecule has 1 unspecified atom stereocenters. The summed E-state index contributed by atoms with van der Waals surface area (Å²) in [7, 11) is 0. The summed E-state index contributed by atoms with van der Waals surface area (Å²) in [5, 5.41) is -1.11. The highest BCUT2D eigenvalue weighted by Crippen LogP contribution is 2.46. The lowest BCUT2D eigenvalue weighted by atomic mass is 10.6. The average molecular weight is 381 g/mol. The topological polar surface area (TPSA) is 0 Å². The molecule has 0 aliphatic carbocycles. The molecule has 0 bridgehead atoms. The molecule has 1 rings (SSSR count). The standard InChI is InChI=1S/C6H13Br3Si2/c1-2-10(7)4-3-5-11(8,9)6-10/h2-6H2,1H3. The Morgan fingerprint density at radius 2 is 1.82 bits per heavy atom. The van der Waals surface area contributed by atoms with Crippen LogP contribution in [0.25, 0.3) is 0 Å². The maximum atomic E-state index is 3.98. The van der Waals surface area contributed by atoms with Gasteiger partial charge in [-0.2, -0.15) is 0 Å². The molecule has 0 amide bonds. The van der Waals surface area contributed by atoms with Crippen molar-refractivity contribution in [1.29, 1.82) is 0 Å². The molecule has 1 atom stereocenters. The minimum atomic E-state index is -1.11. The highest BCUT2D eigenvalue weighted by Gasteiger charge is 2.42. The fraction of sp³-hybridized carbons (Fsp3) is 1.00. The van der Waals surface area contributed by atoms with Crippen molar-refractivity contribution in [2.75, 3.05) is 0 Å². The van der Waals surface area contributed by atoms with E-state index in [-0.39, 0.29) is 0 Å². The van der Waals surface area contributed by atoms with Gasteiger partial charge in [0.25, 0.3) is 0 Å². The SMILES string of the molecule is CC[Si]1(Br)CCC[Si](Br)(Br)C1. The van der Waals surface area contributed by atoms with E-state index in [0.29, 0.717) is 0 Å². The molecule has 0 spiro atoms. The van der Waals surface area contributed by atoms with Crippen molar-refractivity contribution in [2.45, 2.75) is 37.1 Å². The first-order chi connectivity index (χ1) is 4.97. The van der Waals surface area contributed by atoms with Gasteiger partial charge in [0.2, 0.25) is 0 Å². The molecular formula is C6H13Br3Si2. The zero-order chi connectivity index (χ0) is 8.54. The highest BCUT2D eigenvalue weighted by molar-refractivity contribution is 9.51. The van der Waals surface area contributed by atoms with Crippen molar-refractivity contribution < 1.29 is 0 Å². The molecular weight excluding hydrogens is 368 g/mol. The average Bonchev–Trinajstić information content (AvgIpc) is 1.85. The molecule has 1 saturated heterocycles. The lowest BCUT2D eigenvalue weighted by Crippen LogP contribution is -2.39. The van der Waals surface area contributed by atoms with Crippen molar-refractivity contribution >= 4 is 57.9 Å². The molecule has 11 heavy (non-hydrogen) atoms. The Balaban J connectivity index is 2.59. The molecule has 0 aromatic carbocycles. The molecule has 5 heteroatoms. The van der Waals surface area contributed by atoms with E-state index in [2.05, 4.69) is 52.8 Å². The molecule has 0 radical (unpaired) electrons. The number of rotatable bonds is 1. The second-order valence-electron chi connectivity index (χ2n) is 3.39. The summed E-state index contributed by atoms with van der Waals surface area (Å²) in [6, 6.07) is 4.28. The molecule has 1 fully saturated rings. The van der Waals surface area contributed by atoms with Gasteiger partial charge in [0.1, 0.15) is 6.69 Å². The predicted molar refractivity (Wildman–Crippen MR) is 67.8 cm³/mol. The highest BCUT2D eigenvalue weighted by atomic mass is 79.9. The van der Waals surface area contributed by atoms with Gasteiger partial charge < -0.3 is 0 Å². The Kier molecular flexibility index (Phi) is 3.92. The first kappa shape index (κ1) is 11.0. The summed E-state index contributed by atoms with van der Waals surface area (Å²) in [6.45, 7) is 1.36. The van der Waals surface area contributed by atoms with Crippen LogP contribution in [0.3, 0.4) is 0 Å². The summed E-state index contributed by atoms with van der Waals surface area (Å²) in [4.78, 5) is 0. The van der Waals surface area contributed by atoms with Gasteiger partial charge in [-0.3, -0.25) is 0 Å². The van der Waals surface area contributed by atoms with E-state index in [1.165, 1.54) is 30.2 Å². The lowest BCUT2D eigenvalue weighted by Gasteiger charge is -2.35. The van der Waals surface area contributed by atoms with Gasteiger partial charge in [-0.15, -0.1) is 45.9 Å². The minimum Gasteiger partial charge on any atom is -0.126 e. The van der Waals surface area contributed by atoms with Gasteiger partial charge in [-0.05, 0) is 17.8 Å². The summed E-state index contributed by atoms with van der Waals surface area (Å²) < 4.78 is 0. The van der Waals surface area contributed by atoms with Crippen molar-refractivity contribution in [1.82, 2.24) is 0 Å². The summed E-state index contributed by atoms with van der Waals surface area (Å²) >= 11 is 11.7. The van der Waals surface area contributed by atoms with Crippen LogP contribution in [0.5, 0.6) is 0 Å². The number of halogens is 3. The number of hydrogen-bond acceptors (Lipinski definition) is 0. The summed E-state index contributed by atoms with van der Waals surface area (Å²) in [6.07, 6.45) is 1.42. The first-order valence-corrected chi connectivity index (χ1v) is 15.8. The second kappa shape index (κ2) is 3.94. The summed E-state index contributed by atoms with van der Waals surface area (Å²) in [5.41, 5.74) is 1.45. The van der Waals surface area contributed by atoms with Crippen molar-refractivity contribution in [2.24, 2.45) is 0 Å². The van der Waals surface area contributed by atoms with Crippen LogP contribution >= 0.6 is 45.9 Å². The van der Waals surface area contributed by atoms with Gasteiger partial charge in [-0.25, -0.2) is 0 Å². The van der Waals surface area contributed by atoms with E-state index < -0.39 is 12.0 Å². The molecule has 0 nitrogen and oxygen atoms in total. The molecule has 1 aliphatic heterocycles. The van der Waals surface area contributed by atoms with Crippen LogP contribution in [0, 0.1) is 0 Å². The van der Waals surface area contributed by atoms with Crippen LogP contribution in [-0.4, -0.2) is 12.0 Å². The van der Waals surface area contributed by atoms with Gasteiger partial charge in [0.15, 0.2) is 5.31 Å². The Labute approximate surface area is 94.3 Å². The molecule has 1 aliphatic rings. The van der Waals surface area contributed by atoms with Crippen LogP contribution in [0.2, 0.25) is 23.8 Å². The van der Waals surface area contributed by atoms with E-state index in [1.807, 2.05) is 0 Å². The third-order valence-electron chi connectivity index (χ3n) is 2.38. The van der Waals surface area contributed by atoms with Gasteiger partial charge in [-0.1, -0.05) is 19.4 Å². The Hall–Kier alpha value is 1.87. The zero-order valence-corrected chi connectivity index (χ0v) is 13.4. The molecule has 0 N–H and O–H groups in total. The Morgan fingerprint density at radius 1 is 1.18 bits per heavy atom. The minimum absolute atomic E-state index is 0.965. The van der Waals surface area contributed by atoms with E-state index in [4.69, 9.17) is 0 Å². The largest absolute Gasteiger partial charge is 0.199 e. The third kappa shape index (κ3) is 3.25. The van der Waals surface area contributed by atoms with Crippen LogP contribution in [0.1, 0.15) is 13.3 Å². The third-order valence-corrected chi connectivity index (χ3v) is 23.4. The Morgan fingerprint density at radius 3 is 2.18 bits per heavy atom. The smallest absolute Gasteiger partial charge is 0.126 e. The van der Waals surface area contributed by atoms with Crippen LogP contribution in [0.4, 0.5) is 0 Å². The second-order valence-corrected chi connectivity index (χ2v) is 27.9. The Bertz CT molecular complexity index is 151. The number of hydrogen-bond donors (Lipinski definition) is 0.